The first kappa shape index (κ1) is 16.2. The molecule has 3 aromatic rings. The summed E-state index contributed by atoms with van der Waals surface area (Å²) in [6.45, 7) is 6.34. The predicted molar refractivity (Wildman–Crippen MR) is 102 cm³/mol. The molecule has 1 aliphatic rings. The van der Waals surface area contributed by atoms with Gasteiger partial charge in [0.25, 0.3) is 0 Å². The molecule has 132 valence electrons. The van der Waals surface area contributed by atoms with E-state index in [0.717, 1.165) is 39.9 Å². The van der Waals surface area contributed by atoms with Gasteiger partial charge in [-0.3, -0.25) is 0 Å². The van der Waals surface area contributed by atoms with Crippen molar-refractivity contribution in [1.29, 1.82) is 0 Å². The van der Waals surface area contributed by atoms with Crippen molar-refractivity contribution in [3.63, 3.8) is 0 Å². The molecule has 2 N–H and O–H groups in total. The number of hydrogen-bond acceptors (Lipinski definition) is 6. The Bertz CT molecular complexity index is 972. The molecule has 0 spiro atoms. The summed E-state index contributed by atoms with van der Waals surface area (Å²) in [6.07, 6.45) is 0. The fraction of sp³-hybridized carbons (Fsp3) is 0.200. The number of aromatic nitrogens is 2. The van der Waals surface area contributed by atoms with Gasteiger partial charge in [-0.15, -0.1) is 0 Å². The highest BCUT2D eigenvalue weighted by molar-refractivity contribution is 5.64. The average molecular weight is 348 g/mol. The summed E-state index contributed by atoms with van der Waals surface area (Å²) in [4.78, 5) is 9.05. The van der Waals surface area contributed by atoms with E-state index >= 15 is 0 Å². The van der Waals surface area contributed by atoms with Crippen LogP contribution in [0.2, 0.25) is 0 Å². The van der Waals surface area contributed by atoms with Gasteiger partial charge in [-0.25, -0.2) is 4.98 Å². The summed E-state index contributed by atoms with van der Waals surface area (Å²) in [5.74, 6) is 2.74. The molecule has 0 unspecified atom stereocenters. The third-order valence-electron chi connectivity index (χ3n) is 4.14. The van der Waals surface area contributed by atoms with Gasteiger partial charge in [0.2, 0.25) is 12.7 Å². The molecule has 0 aliphatic carbocycles. The topological polar surface area (TPSA) is 68.3 Å². The van der Waals surface area contributed by atoms with Crippen LogP contribution in [0.4, 0.5) is 23.1 Å². The number of benzene rings is 2. The first-order chi connectivity index (χ1) is 12.6. The Labute approximate surface area is 152 Å². The van der Waals surface area contributed by atoms with Crippen LogP contribution in [-0.2, 0) is 0 Å². The summed E-state index contributed by atoms with van der Waals surface area (Å²) in [7, 11) is 0. The molecule has 2 aromatic carbocycles. The molecule has 6 nitrogen and oxygen atoms in total. The van der Waals surface area contributed by atoms with E-state index in [9.17, 15) is 0 Å². The third kappa shape index (κ3) is 3.39. The first-order valence-corrected chi connectivity index (χ1v) is 8.43. The van der Waals surface area contributed by atoms with Gasteiger partial charge in [-0.1, -0.05) is 12.1 Å². The minimum atomic E-state index is 0.254. The zero-order valence-corrected chi connectivity index (χ0v) is 15.0. The monoisotopic (exact) mass is 348 g/mol. The highest BCUT2D eigenvalue weighted by atomic mass is 16.7. The van der Waals surface area contributed by atoms with Crippen LogP contribution in [-0.4, -0.2) is 16.8 Å². The molecular weight excluding hydrogens is 328 g/mol. The van der Waals surface area contributed by atoms with Crippen molar-refractivity contribution in [3.05, 3.63) is 59.3 Å². The molecule has 0 fully saturated rings. The van der Waals surface area contributed by atoms with Crippen LogP contribution in [0.25, 0.3) is 0 Å². The first-order valence-electron chi connectivity index (χ1n) is 8.43. The largest absolute Gasteiger partial charge is 0.454 e. The van der Waals surface area contributed by atoms with Gasteiger partial charge < -0.3 is 20.1 Å². The van der Waals surface area contributed by atoms with Gasteiger partial charge in [0.15, 0.2) is 11.5 Å². The summed E-state index contributed by atoms with van der Waals surface area (Å²) in [5, 5.41) is 6.61. The number of aryl methyl sites for hydroxylation is 3. The zero-order chi connectivity index (χ0) is 18.1. The van der Waals surface area contributed by atoms with Gasteiger partial charge in [-0.2, -0.15) is 4.98 Å². The van der Waals surface area contributed by atoms with Gasteiger partial charge in [-0.05, 0) is 50.1 Å². The second kappa shape index (κ2) is 6.55. The van der Waals surface area contributed by atoms with Crippen molar-refractivity contribution in [1.82, 2.24) is 9.97 Å². The van der Waals surface area contributed by atoms with Crippen LogP contribution in [0.3, 0.4) is 0 Å². The molecule has 4 rings (SSSR count). The van der Waals surface area contributed by atoms with E-state index in [1.165, 1.54) is 5.56 Å². The maximum atomic E-state index is 5.41. The highest BCUT2D eigenvalue weighted by Crippen LogP contribution is 2.35. The lowest BCUT2D eigenvalue weighted by molar-refractivity contribution is 0.174. The Morgan fingerprint density at radius 1 is 0.846 bits per heavy atom. The number of nitrogens with one attached hydrogen (secondary N) is 2. The molecule has 1 aromatic heterocycles. The lowest BCUT2D eigenvalue weighted by atomic mass is 10.1. The number of hydrogen-bond donors (Lipinski definition) is 2. The van der Waals surface area contributed by atoms with Gasteiger partial charge in [0, 0.05) is 29.2 Å². The number of anilines is 4. The molecule has 0 amide bonds. The molecule has 2 heterocycles. The second-order valence-electron chi connectivity index (χ2n) is 6.35. The van der Waals surface area contributed by atoms with Crippen molar-refractivity contribution in [2.24, 2.45) is 0 Å². The molecule has 0 atom stereocenters. The van der Waals surface area contributed by atoms with Crippen LogP contribution < -0.4 is 20.1 Å². The van der Waals surface area contributed by atoms with Crippen LogP contribution >= 0.6 is 0 Å². The number of nitrogens with zero attached hydrogens (tertiary/aromatic N) is 2. The smallest absolute Gasteiger partial charge is 0.231 e. The quantitative estimate of drug-likeness (QED) is 0.717. The molecule has 6 heteroatoms. The lowest BCUT2D eigenvalue weighted by Crippen LogP contribution is -2.03. The van der Waals surface area contributed by atoms with E-state index in [0.29, 0.717) is 5.95 Å². The van der Waals surface area contributed by atoms with Crippen molar-refractivity contribution in [2.75, 3.05) is 17.4 Å². The third-order valence-corrected chi connectivity index (χ3v) is 4.14. The number of ether oxygens (including phenoxy) is 2. The maximum absolute atomic E-state index is 5.41. The van der Waals surface area contributed by atoms with E-state index in [2.05, 4.69) is 52.6 Å². The number of rotatable bonds is 4. The van der Waals surface area contributed by atoms with Crippen molar-refractivity contribution in [2.45, 2.75) is 20.8 Å². The molecule has 0 saturated heterocycles. The Hall–Kier alpha value is -3.28. The summed E-state index contributed by atoms with van der Waals surface area (Å²) in [5.41, 5.74) is 5.12. The van der Waals surface area contributed by atoms with E-state index in [1.54, 1.807) is 0 Å². The predicted octanol–water partition coefficient (Wildman–Crippen LogP) is 4.62. The standard InChI is InChI=1S/C20H20N4O2/c1-12-4-5-13(2)16(8-12)23-19-9-14(3)21-20(24-19)22-15-6-7-17-18(10-15)26-11-25-17/h4-10H,11H2,1-3H3,(H2,21,22,23,24). The zero-order valence-electron chi connectivity index (χ0n) is 15.0. The average Bonchev–Trinajstić information content (AvgIpc) is 3.05. The van der Waals surface area contributed by atoms with E-state index < -0.39 is 0 Å². The maximum Gasteiger partial charge on any atom is 0.231 e. The van der Waals surface area contributed by atoms with Crippen LogP contribution in [0, 0.1) is 20.8 Å². The Morgan fingerprint density at radius 2 is 1.69 bits per heavy atom. The second-order valence-corrected chi connectivity index (χ2v) is 6.35. The molecule has 0 radical (unpaired) electrons. The molecule has 0 saturated carbocycles. The van der Waals surface area contributed by atoms with Crippen LogP contribution in [0.15, 0.2) is 42.5 Å². The summed E-state index contributed by atoms with van der Waals surface area (Å²) in [6, 6.07) is 13.9. The molecular formula is C20H20N4O2. The van der Waals surface area contributed by atoms with Crippen LogP contribution in [0.1, 0.15) is 16.8 Å². The summed E-state index contributed by atoms with van der Waals surface area (Å²) >= 11 is 0. The highest BCUT2D eigenvalue weighted by Gasteiger charge is 2.14. The van der Waals surface area contributed by atoms with Crippen LogP contribution in [0.5, 0.6) is 11.5 Å². The SMILES string of the molecule is Cc1ccc(C)c(Nc2cc(C)nc(Nc3ccc4c(c3)OCO4)n2)c1. The van der Waals surface area contributed by atoms with E-state index in [4.69, 9.17) is 9.47 Å². The molecule has 0 bridgehead atoms. The molecule has 1 aliphatic heterocycles. The van der Waals surface area contributed by atoms with Gasteiger partial charge in [0.05, 0.1) is 0 Å². The lowest BCUT2D eigenvalue weighted by Gasteiger charge is -2.12. The van der Waals surface area contributed by atoms with E-state index in [1.807, 2.05) is 31.2 Å². The Balaban J connectivity index is 1.59. The Morgan fingerprint density at radius 3 is 2.58 bits per heavy atom. The summed E-state index contributed by atoms with van der Waals surface area (Å²) < 4.78 is 10.8. The van der Waals surface area contributed by atoms with Crippen molar-refractivity contribution in [3.8, 4) is 11.5 Å². The fourth-order valence-electron chi connectivity index (χ4n) is 2.80. The van der Waals surface area contributed by atoms with Crippen molar-refractivity contribution >= 4 is 23.1 Å². The minimum absolute atomic E-state index is 0.254. The van der Waals surface area contributed by atoms with E-state index in [-0.39, 0.29) is 6.79 Å². The van der Waals surface area contributed by atoms with Gasteiger partial charge in [0.1, 0.15) is 5.82 Å². The van der Waals surface area contributed by atoms with Crippen molar-refractivity contribution < 1.29 is 9.47 Å². The number of fused-ring (bicyclic) bond motifs is 1. The minimum Gasteiger partial charge on any atom is -0.454 e. The fourth-order valence-corrected chi connectivity index (χ4v) is 2.80. The van der Waals surface area contributed by atoms with Gasteiger partial charge >= 0.3 is 0 Å². The normalized spacial score (nSPS) is 12.1. The molecule has 26 heavy (non-hydrogen) atoms. The Kier molecular flexibility index (Phi) is 4.08.